The van der Waals surface area contributed by atoms with Gasteiger partial charge in [0.05, 0.1) is 6.54 Å². The Kier molecular flexibility index (Phi) is 5.40. The highest BCUT2D eigenvalue weighted by molar-refractivity contribution is 5.85. The first-order chi connectivity index (χ1) is 7.74. The molecule has 0 aromatic carbocycles. The number of nitrogens with zero attached hydrogens (tertiary/aromatic N) is 4. The molecular formula is C11H21Cl2N5. The maximum atomic E-state index is 6.13. The fourth-order valence-electron chi connectivity index (χ4n) is 3.19. The van der Waals surface area contributed by atoms with Crippen molar-refractivity contribution in [2.45, 2.75) is 25.4 Å². The lowest BCUT2D eigenvalue weighted by Gasteiger charge is -2.17. The number of likely N-dealkylation sites (tertiary alicyclic amines) is 1. The van der Waals surface area contributed by atoms with Crippen LogP contribution in [0.2, 0.25) is 0 Å². The third kappa shape index (κ3) is 2.79. The van der Waals surface area contributed by atoms with E-state index in [9.17, 15) is 0 Å². The smallest absolute Gasteiger partial charge is 0.140 e. The van der Waals surface area contributed by atoms with Crippen LogP contribution in [0.15, 0.2) is 6.33 Å². The summed E-state index contributed by atoms with van der Waals surface area (Å²) in [5, 5.41) is 4.10. The highest BCUT2D eigenvalue weighted by Gasteiger charge is 2.40. The van der Waals surface area contributed by atoms with Crippen molar-refractivity contribution in [3.05, 3.63) is 12.2 Å². The number of hydrogen-bond acceptors (Lipinski definition) is 4. The zero-order valence-electron chi connectivity index (χ0n) is 10.5. The summed E-state index contributed by atoms with van der Waals surface area (Å²) in [6, 6.07) is 0.425. The van der Waals surface area contributed by atoms with Gasteiger partial charge >= 0.3 is 0 Å². The van der Waals surface area contributed by atoms with E-state index < -0.39 is 0 Å². The van der Waals surface area contributed by atoms with Crippen molar-refractivity contribution in [1.29, 1.82) is 0 Å². The minimum absolute atomic E-state index is 0. The van der Waals surface area contributed by atoms with Gasteiger partial charge in [-0.2, -0.15) is 5.10 Å². The lowest BCUT2D eigenvalue weighted by atomic mass is 9.98. The fourth-order valence-corrected chi connectivity index (χ4v) is 3.19. The Hall–Kier alpha value is -0.360. The zero-order valence-corrected chi connectivity index (χ0v) is 12.2. The minimum Gasteiger partial charge on any atom is -0.327 e. The molecular weight excluding hydrogens is 273 g/mol. The normalized spacial score (nSPS) is 30.7. The standard InChI is InChI=1S/C11H19N5.2ClH/c1-15-11(13-7-14-15)6-16-4-8-2-3-10(12)9(8)5-16;;/h7-10H,2-6,12H2,1H3;2*1H. The van der Waals surface area contributed by atoms with E-state index in [0.29, 0.717) is 12.0 Å². The van der Waals surface area contributed by atoms with Crippen LogP contribution < -0.4 is 5.73 Å². The quantitative estimate of drug-likeness (QED) is 0.877. The number of aryl methyl sites for hydroxylation is 1. The van der Waals surface area contributed by atoms with E-state index in [4.69, 9.17) is 5.73 Å². The van der Waals surface area contributed by atoms with Gasteiger partial charge in [-0.25, -0.2) is 4.98 Å². The second-order valence-corrected chi connectivity index (χ2v) is 5.16. The molecule has 3 rings (SSSR count). The number of aromatic nitrogens is 3. The van der Waals surface area contributed by atoms with Gasteiger partial charge < -0.3 is 5.73 Å². The van der Waals surface area contributed by atoms with Gasteiger partial charge in [0, 0.05) is 26.2 Å². The first-order valence-corrected chi connectivity index (χ1v) is 6.05. The molecule has 2 aliphatic rings. The number of halogens is 2. The van der Waals surface area contributed by atoms with Crippen LogP contribution in [0.5, 0.6) is 0 Å². The molecule has 3 unspecified atom stereocenters. The third-order valence-electron chi connectivity index (χ3n) is 4.16. The van der Waals surface area contributed by atoms with Crippen molar-refractivity contribution < 1.29 is 0 Å². The van der Waals surface area contributed by atoms with Crippen LogP contribution in [0.3, 0.4) is 0 Å². The van der Waals surface area contributed by atoms with Crippen LogP contribution in [0.4, 0.5) is 0 Å². The van der Waals surface area contributed by atoms with Crippen LogP contribution in [0, 0.1) is 11.8 Å². The monoisotopic (exact) mass is 293 g/mol. The van der Waals surface area contributed by atoms with E-state index >= 15 is 0 Å². The molecule has 3 atom stereocenters. The molecule has 5 nitrogen and oxygen atoms in total. The highest BCUT2D eigenvalue weighted by Crippen LogP contribution is 2.37. The Bertz CT molecular complexity index is 383. The Balaban J connectivity index is 0.000000810. The maximum Gasteiger partial charge on any atom is 0.140 e. The van der Waals surface area contributed by atoms with E-state index in [1.54, 1.807) is 6.33 Å². The molecule has 1 aromatic rings. The molecule has 2 fully saturated rings. The molecule has 0 bridgehead atoms. The topological polar surface area (TPSA) is 60.0 Å². The maximum absolute atomic E-state index is 6.13. The first kappa shape index (κ1) is 15.7. The molecule has 1 saturated heterocycles. The zero-order chi connectivity index (χ0) is 11.1. The minimum atomic E-state index is 0. The van der Waals surface area contributed by atoms with Gasteiger partial charge in [-0.15, -0.1) is 24.8 Å². The summed E-state index contributed by atoms with van der Waals surface area (Å²) in [6.45, 7) is 3.24. The highest BCUT2D eigenvalue weighted by atomic mass is 35.5. The van der Waals surface area contributed by atoms with E-state index in [1.807, 2.05) is 11.7 Å². The predicted octanol–water partition coefficient (Wildman–Crippen LogP) is 0.828. The van der Waals surface area contributed by atoms with Gasteiger partial charge in [0.15, 0.2) is 0 Å². The van der Waals surface area contributed by atoms with Crippen LogP contribution in [0.25, 0.3) is 0 Å². The molecule has 1 aliphatic carbocycles. The Morgan fingerprint density at radius 3 is 2.72 bits per heavy atom. The Labute approximate surface area is 120 Å². The first-order valence-electron chi connectivity index (χ1n) is 6.05. The van der Waals surface area contributed by atoms with Gasteiger partial charge in [-0.3, -0.25) is 9.58 Å². The largest absolute Gasteiger partial charge is 0.327 e. The van der Waals surface area contributed by atoms with Crippen molar-refractivity contribution in [2.75, 3.05) is 13.1 Å². The van der Waals surface area contributed by atoms with E-state index in [1.165, 1.54) is 19.4 Å². The van der Waals surface area contributed by atoms with Gasteiger partial charge in [-0.05, 0) is 24.7 Å². The molecule has 1 saturated carbocycles. The van der Waals surface area contributed by atoms with Crippen LogP contribution in [-0.2, 0) is 13.6 Å². The Morgan fingerprint density at radius 1 is 1.33 bits per heavy atom. The second kappa shape index (κ2) is 6.19. The summed E-state index contributed by atoms with van der Waals surface area (Å²) < 4.78 is 1.86. The van der Waals surface area contributed by atoms with Gasteiger partial charge in [0.25, 0.3) is 0 Å². The summed E-state index contributed by atoms with van der Waals surface area (Å²) in [5.41, 5.74) is 6.13. The van der Waals surface area contributed by atoms with Crippen LogP contribution >= 0.6 is 24.8 Å². The number of hydrogen-bond donors (Lipinski definition) is 1. The number of fused-ring (bicyclic) bond motifs is 1. The van der Waals surface area contributed by atoms with Gasteiger partial charge in [-0.1, -0.05) is 0 Å². The van der Waals surface area contributed by atoms with Crippen molar-refractivity contribution >= 4 is 24.8 Å². The molecule has 7 heteroatoms. The predicted molar refractivity (Wildman–Crippen MR) is 75.0 cm³/mol. The van der Waals surface area contributed by atoms with Crippen LogP contribution in [0.1, 0.15) is 18.7 Å². The SMILES string of the molecule is Cl.Cl.Cn1ncnc1CN1CC2CCC(N)C2C1. The number of rotatable bonds is 2. The molecule has 104 valence electrons. The summed E-state index contributed by atoms with van der Waals surface area (Å²) in [6.07, 6.45) is 4.15. The molecule has 0 spiro atoms. The average Bonchev–Trinajstić information content (AvgIpc) is 2.90. The summed E-state index contributed by atoms with van der Waals surface area (Å²) in [7, 11) is 1.95. The van der Waals surface area contributed by atoms with E-state index in [-0.39, 0.29) is 24.8 Å². The van der Waals surface area contributed by atoms with Crippen molar-refractivity contribution in [3.63, 3.8) is 0 Å². The molecule has 1 aromatic heterocycles. The van der Waals surface area contributed by atoms with Crippen LogP contribution in [-0.4, -0.2) is 38.8 Å². The lowest BCUT2D eigenvalue weighted by Crippen LogP contribution is -2.30. The summed E-state index contributed by atoms with van der Waals surface area (Å²) in [4.78, 5) is 6.74. The average molecular weight is 294 g/mol. The number of nitrogens with two attached hydrogens (primary N) is 1. The van der Waals surface area contributed by atoms with Gasteiger partial charge in [0.2, 0.25) is 0 Å². The van der Waals surface area contributed by atoms with Crippen molar-refractivity contribution in [3.8, 4) is 0 Å². The van der Waals surface area contributed by atoms with E-state index in [0.717, 1.165) is 24.8 Å². The molecule has 0 amide bonds. The van der Waals surface area contributed by atoms with Gasteiger partial charge in [0.1, 0.15) is 12.2 Å². The molecule has 0 radical (unpaired) electrons. The molecule has 18 heavy (non-hydrogen) atoms. The lowest BCUT2D eigenvalue weighted by molar-refractivity contribution is 0.286. The van der Waals surface area contributed by atoms with E-state index in [2.05, 4.69) is 15.0 Å². The second-order valence-electron chi connectivity index (χ2n) is 5.16. The molecule has 2 N–H and O–H groups in total. The van der Waals surface area contributed by atoms with Crippen molar-refractivity contribution in [2.24, 2.45) is 24.6 Å². The third-order valence-corrected chi connectivity index (χ3v) is 4.16. The summed E-state index contributed by atoms with van der Waals surface area (Å²) in [5.74, 6) is 2.59. The summed E-state index contributed by atoms with van der Waals surface area (Å²) >= 11 is 0. The Morgan fingerprint density at radius 2 is 2.11 bits per heavy atom. The molecule has 1 aliphatic heterocycles. The molecule has 2 heterocycles. The fraction of sp³-hybridized carbons (Fsp3) is 0.818. The van der Waals surface area contributed by atoms with Crippen molar-refractivity contribution in [1.82, 2.24) is 19.7 Å².